The van der Waals surface area contributed by atoms with E-state index in [1.165, 1.54) is 6.07 Å². The summed E-state index contributed by atoms with van der Waals surface area (Å²) in [6, 6.07) is 14.5. The number of rotatable bonds is 5. The summed E-state index contributed by atoms with van der Waals surface area (Å²) in [4.78, 5) is 18.9. The lowest BCUT2D eigenvalue weighted by molar-refractivity contribution is -0.130. The summed E-state index contributed by atoms with van der Waals surface area (Å²) in [7, 11) is 1.70. The number of nitrogens with zero attached hydrogens (tertiary/aromatic N) is 4. The Kier molecular flexibility index (Phi) is 5.01. The summed E-state index contributed by atoms with van der Waals surface area (Å²) < 4.78 is 15.7. The largest absolute Gasteiger partial charge is 0.341 e. The lowest BCUT2D eigenvalue weighted by Gasteiger charge is -2.18. The molecule has 0 bridgehead atoms. The zero-order chi connectivity index (χ0) is 20.5. The van der Waals surface area contributed by atoms with Gasteiger partial charge in [-0.05, 0) is 44.0 Å². The molecular formula is C23H23FN4O. The number of benzene rings is 2. The van der Waals surface area contributed by atoms with Gasteiger partial charge in [-0.2, -0.15) is 5.10 Å². The topological polar surface area (TPSA) is 50.5 Å². The highest BCUT2D eigenvalue weighted by atomic mass is 19.1. The van der Waals surface area contributed by atoms with Crippen molar-refractivity contribution in [3.8, 4) is 0 Å². The van der Waals surface area contributed by atoms with Crippen molar-refractivity contribution in [2.75, 3.05) is 7.05 Å². The molecule has 0 radical (unpaired) electrons. The molecule has 5 nitrogen and oxygen atoms in total. The molecule has 0 unspecified atom stereocenters. The Morgan fingerprint density at radius 2 is 1.83 bits per heavy atom. The van der Waals surface area contributed by atoms with Crippen LogP contribution in [0.1, 0.15) is 28.9 Å². The SMILES string of the molecule is Cc1nc2c3ccccc3nn2c(C)c1CCC(=O)N(C)Cc1ccccc1F. The van der Waals surface area contributed by atoms with E-state index in [4.69, 9.17) is 4.98 Å². The first-order valence-corrected chi connectivity index (χ1v) is 9.66. The summed E-state index contributed by atoms with van der Waals surface area (Å²) in [5.74, 6) is -0.322. The van der Waals surface area contributed by atoms with E-state index in [0.29, 0.717) is 18.4 Å². The van der Waals surface area contributed by atoms with Gasteiger partial charge in [0.1, 0.15) is 5.82 Å². The lowest BCUT2D eigenvalue weighted by atomic mass is 10.1. The minimum atomic E-state index is -0.292. The maximum Gasteiger partial charge on any atom is 0.222 e. The third-order valence-electron chi connectivity index (χ3n) is 5.40. The van der Waals surface area contributed by atoms with Crippen LogP contribution < -0.4 is 0 Å². The normalized spacial score (nSPS) is 11.3. The minimum absolute atomic E-state index is 0.0298. The predicted octanol–water partition coefficient (Wildman–Crippen LogP) is 4.23. The van der Waals surface area contributed by atoms with Crippen LogP contribution in [0.5, 0.6) is 0 Å². The summed E-state index contributed by atoms with van der Waals surface area (Å²) in [6.45, 7) is 4.24. The van der Waals surface area contributed by atoms with Gasteiger partial charge in [0.05, 0.1) is 5.52 Å². The number of carbonyl (C=O) groups is 1. The Morgan fingerprint density at radius 1 is 1.10 bits per heavy atom. The third kappa shape index (κ3) is 3.58. The van der Waals surface area contributed by atoms with Crippen LogP contribution in [0.4, 0.5) is 4.39 Å². The minimum Gasteiger partial charge on any atom is -0.341 e. The number of aromatic nitrogens is 3. The summed E-state index contributed by atoms with van der Waals surface area (Å²) in [5.41, 5.74) is 5.18. The van der Waals surface area contributed by atoms with E-state index >= 15 is 0 Å². The summed E-state index contributed by atoms with van der Waals surface area (Å²) in [5, 5.41) is 5.68. The molecule has 0 aliphatic heterocycles. The van der Waals surface area contributed by atoms with Gasteiger partial charge in [-0.3, -0.25) is 4.79 Å². The monoisotopic (exact) mass is 390 g/mol. The first kappa shape index (κ1) is 19.1. The number of hydrogen-bond donors (Lipinski definition) is 0. The van der Waals surface area contributed by atoms with E-state index < -0.39 is 0 Å². The maximum absolute atomic E-state index is 13.9. The molecule has 0 saturated heterocycles. The Balaban J connectivity index is 1.54. The van der Waals surface area contributed by atoms with Gasteiger partial charge in [0, 0.05) is 42.4 Å². The molecule has 0 saturated carbocycles. The number of halogens is 1. The fraction of sp³-hybridized carbons (Fsp3) is 0.261. The highest BCUT2D eigenvalue weighted by Crippen LogP contribution is 2.23. The van der Waals surface area contributed by atoms with Gasteiger partial charge in [0.2, 0.25) is 5.91 Å². The third-order valence-corrected chi connectivity index (χ3v) is 5.40. The van der Waals surface area contributed by atoms with Crippen molar-refractivity contribution in [1.29, 1.82) is 0 Å². The van der Waals surface area contributed by atoms with Crippen LogP contribution in [-0.4, -0.2) is 32.5 Å². The van der Waals surface area contributed by atoms with E-state index in [2.05, 4.69) is 5.10 Å². The highest BCUT2D eigenvalue weighted by molar-refractivity contribution is 5.92. The van der Waals surface area contributed by atoms with Crippen molar-refractivity contribution >= 4 is 22.5 Å². The van der Waals surface area contributed by atoms with Crippen LogP contribution in [0, 0.1) is 19.7 Å². The van der Waals surface area contributed by atoms with Crippen LogP contribution in [0.2, 0.25) is 0 Å². The van der Waals surface area contributed by atoms with Crippen LogP contribution >= 0.6 is 0 Å². The van der Waals surface area contributed by atoms with E-state index in [1.54, 1.807) is 30.1 Å². The second-order valence-corrected chi connectivity index (χ2v) is 7.35. The smallest absolute Gasteiger partial charge is 0.222 e. The van der Waals surface area contributed by atoms with Crippen molar-refractivity contribution in [2.45, 2.75) is 33.2 Å². The molecule has 2 aromatic carbocycles. The number of hydrogen-bond acceptors (Lipinski definition) is 3. The van der Waals surface area contributed by atoms with Crippen molar-refractivity contribution in [3.05, 3.63) is 76.9 Å². The molecule has 0 fully saturated rings. The molecule has 0 spiro atoms. The zero-order valence-electron chi connectivity index (χ0n) is 16.8. The Hall–Kier alpha value is -3.28. The molecule has 29 heavy (non-hydrogen) atoms. The van der Waals surface area contributed by atoms with Gasteiger partial charge < -0.3 is 4.90 Å². The number of aryl methyl sites for hydroxylation is 2. The molecule has 4 aromatic rings. The molecule has 0 aliphatic carbocycles. The molecule has 2 heterocycles. The molecule has 4 rings (SSSR count). The molecule has 0 atom stereocenters. The van der Waals surface area contributed by atoms with Gasteiger partial charge in [-0.1, -0.05) is 30.3 Å². The molecule has 0 aliphatic rings. The van der Waals surface area contributed by atoms with Crippen LogP contribution in [0.3, 0.4) is 0 Å². The molecule has 2 aromatic heterocycles. The van der Waals surface area contributed by atoms with Gasteiger partial charge in [0.15, 0.2) is 5.65 Å². The van der Waals surface area contributed by atoms with E-state index in [9.17, 15) is 9.18 Å². The van der Waals surface area contributed by atoms with Crippen molar-refractivity contribution in [2.24, 2.45) is 0 Å². The van der Waals surface area contributed by atoms with E-state index in [0.717, 1.165) is 33.5 Å². The number of amides is 1. The van der Waals surface area contributed by atoms with Crippen LogP contribution in [-0.2, 0) is 17.8 Å². The lowest BCUT2D eigenvalue weighted by Crippen LogP contribution is -2.27. The molecule has 6 heteroatoms. The summed E-state index contributed by atoms with van der Waals surface area (Å²) in [6.07, 6.45) is 0.901. The molecule has 1 amide bonds. The molecule has 0 N–H and O–H groups in total. The van der Waals surface area contributed by atoms with Gasteiger partial charge in [-0.25, -0.2) is 13.9 Å². The van der Waals surface area contributed by atoms with E-state index in [1.807, 2.05) is 42.6 Å². The van der Waals surface area contributed by atoms with Crippen molar-refractivity contribution in [1.82, 2.24) is 19.5 Å². The first-order valence-electron chi connectivity index (χ1n) is 9.66. The second-order valence-electron chi connectivity index (χ2n) is 7.35. The Morgan fingerprint density at radius 3 is 2.62 bits per heavy atom. The fourth-order valence-electron chi connectivity index (χ4n) is 3.73. The number of fused-ring (bicyclic) bond motifs is 3. The first-order chi connectivity index (χ1) is 14.0. The highest BCUT2D eigenvalue weighted by Gasteiger charge is 2.17. The Labute approximate surface area is 168 Å². The fourth-order valence-corrected chi connectivity index (χ4v) is 3.73. The number of carbonyl (C=O) groups excluding carboxylic acids is 1. The second kappa shape index (κ2) is 7.62. The zero-order valence-corrected chi connectivity index (χ0v) is 16.8. The molecular weight excluding hydrogens is 367 g/mol. The van der Waals surface area contributed by atoms with Crippen molar-refractivity contribution in [3.63, 3.8) is 0 Å². The maximum atomic E-state index is 13.9. The van der Waals surface area contributed by atoms with Crippen LogP contribution in [0.15, 0.2) is 48.5 Å². The quantitative estimate of drug-likeness (QED) is 0.512. The predicted molar refractivity (Wildman–Crippen MR) is 111 cm³/mol. The van der Waals surface area contributed by atoms with Crippen molar-refractivity contribution < 1.29 is 9.18 Å². The van der Waals surface area contributed by atoms with Crippen LogP contribution in [0.25, 0.3) is 16.6 Å². The summed E-state index contributed by atoms with van der Waals surface area (Å²) >= 11 is 0. The van der Waals surface area contributed by atoms with Gasteiger partial charge in [0.25, 0.3) is 0 Å². The van der Waals surface area contributed by atoms with Gasteiger partial charge in [-0.15, -0.1) is 0 Å². The standard InChI is InChI=1S/C23H23FN4O/c1-15-18(12-13-22(29)27(3)14-17-8-4-6-10-20(17)24)16(2)28-23(25-15)19-9-5-7-11-21(19)26-28/h4-11H,12-14H2,1-3H3. The Bertz CT molecular complexity index is 1210. The molecule has 148 valence electrons. The average Bonchev–Trinajstić information content (AvgIpc) is 3.08. The van der Waals surface area contributed by atoms with E-state index in [-0.39, 0.29) is 18.3 Å². The average molecular weight is 390 g/mol. The van der Waals surface area contributed by atoms with Gasteiger partial charge >= 0.3 is 0 Å².